The van der Waals surface area contributed by atoms with E-state index in [1.54, 1.807) is 43.3 Å². The molecule has 0 saturated heterocycles. The quantitative estimate of drug-likeness (QED) is 0.481. The monoisotopic (exact) mass is 520 g/mol. The van der Waals surface area contributed by atoms with Crippen molar-refractivity contribution in [2.75, 3.05) is 17.1 Å². The molecular weight excluding hydrogens is 496 g/mol. The molecule has 3 aromatic rings. The van der Waals surface area contributed by atoms with Gasteiger partial charge in [0.1, 0.15) is 6.54 Å². The number of carbonyl (C=O) groups is 1. The highest BCUT2D eigenvalue weighted by atomic mass is 35.5. The Bertz CT molecular complexity index is 1370. The Morgan fingerprint density at radius 1 is 0.882 bits per heavy atom. The number of benzene rings is 3. The van der Waals surface area contributed by atoms with Gasteiger partial charge in [-0.25, -0.2) is 16.8 Å². The van der Waals surface area contributed by atoms with Crippen molar-refractivity contribution in [1.82, 2.24) is 5.32 Å². The van der Waals surface area contributed by atoms with E-state index in [9.17, 15) is 21.6 Å². The molecule has 0 aliphatic heterocycles. The molecule has 0 aliphatic carbocycles. The number of carbonyl (C=O) groups excluding carboxylic acids is 1. The summed E-state index contributed by atoms with van der Waals surface area (Å²) in [4.78, 5) is 13.1. The van der Waals surface area contributed by atoms with E-state index >= 15 is 0 Å². The minimum atomic E-state index is -4.05. The highest BCUT2D eigenvalue weighted by Gasteiger charge is 2.27. The van der Waals surface area contributed by atoms with E-state index in [-0.39, 0.29) is 9.79 Å². The molecule has 1 unspecified atom stereocenters. The molecule has 34 heavy (non-hydrogen) atoms. The lowest BCUT2D eigenvalue weighted by molar-refractivity contribution is -0.120. The van der Waals surface area contributed by atoms with Crippen molar-refractivity contribution >= 4 is 43.1 Å². The summed E-state index contributed by atoms with van der Waals surface area (Å²) in [5.74, 6) is -0.516. The van der Waals surface area contributed by atoms with Crippen LogP contribution in [0.5, 0.6) is 0 Å². The van der Waals surface area contributed by atoms with Gasteiger partial charge in [-0.3, -0.25) is 9.10 Å². The molecule has 0 heterocycles. The Labute approximate surface area is 205 Å². The standard InChI is InChI=1S/C24H25ClN2O5S2/c1-17-4-10-21(11-5-17)27(34(31,32)23-14-8-20(25)9-15-23)16-24(28)26-18(2)19-6-12-22(13-7-19)33(3,29)30/h4-15,18H,16H2,1-3H3,(H,26,28). The maximum atomic E-state index is 13.4. The number of rotatable bonds is 8. The molecule has 0 spiro atoms. The van der Waals surface area contributed by atoms with Gasteiger partial charge in [-0.05, 0) is 67.9 Å². The highest BCUT2D eigenvalue weighted by Crippen LogP contribution is 2.25. The summed E-state index contributed by atoms with van der Waals surface area (Å²) in [7, 11) is -7.39. The fraction of sp³-hybridized carbons (Fsp3) is 0.208. The fourth-order valence-electron chi connectivity index (χ4n) is 3.26. The first-order chi connectivity index (χ1) is 15.9. The summed E-state index contributed by atoms with van der Waals surface area (Å²) >= 11 is 5.90. The zero-order valence-electron chi connectivity index (χ0n) is 18.9. The number of aryl methyl sites for hydroxylation is 1. The Morgan fingerprint density at radius 3 is 1.94 bits per heavy atom. The molecular formula is C24H25ClN2O5S2. The van der Waals surface area contributed by atoms with E-state index in [4.69, 9.17) is 11.6 Å². The SMILES string of the molecule is Cc1ccc(N(CC(=O)NC(C)c2ccc(S(C)(=O)=O)cc2)S(=O)(=O)c2ccc(Cl)cc2)cc1. The van der Waals surface area contributed by atoms with Gasteiger partial charge in [0.15, 0.2) is 9.84 Å². The number of sulfonamides is 1. The van der Waals surface area contributed by atoms with E-state index in [0.717, 1.165) is 16.1 Å². The molecule has 1 N–H and O–H groups in total. The van der Waals surface area contributed by atoms with Crippen LogP contribution >= 0.6 is 11.6 Å². The third kappa shape index (κ3) is 6.16. The van der Waals surface area contributed by atoms with Gasteiger partial charge in [-0.15, -0.1) is 0 Å². The van der Waals surface area contributed by atoms with E-state index in [0.29, 0.717) is 16.3 Å². The van der Waals surface area contributed by atoms with E-state index in [2.05, 4.69) is 5.32 Å². The minimum absolute atomic E-state index is 0.00897. The summed E-state index contributed by atoms with van der Waals surface area (Å²) < 4.78 is 51.2. The summed E-state index contributed by atoms with van der Waals surface area (Å²) in [5, 5.41) is 3.18. The Hall–Kier alpha value is -2.88. The number of hydrogen-bond acceptors (Lipinski definition) is 5. The maximum Gasteiger partial charge on any atom is 0.264 e. The number of amides is 1. The summed E-state index contributed by atoms with van der Waals surface area (Å²) in [6.45, 7) is 3.17. The molecule has 0 aliphatic rings. The van der Waals surface area contributed by atoms with Gasteiger partial charge in [0.05, 0.1) is 21.5 Å². The van der Waals surface area contributed by atoms with Crippen LogP contribution in [-0.2, 0) is 24.7 Å². The van der Waals surface area contributed by atoms with Crippen LogP contribution in [0.25, 0.3) is 0 Å². The molecule has 3 rings (SSSR count). The van der Waals surface area contributed by atoms with E-state index < -0.39 is 38.4 Å². The van der Waals surface area contributed by atoms with Gasteiger partial charge in [0, 0.05) is 11.3 Å². The van der Waals surface area contributed by atoms with Crippen LogP contribution in [-0.4, -0.2) is 35.5 Å². The zero-order valence-corrected chi connectivity index (χ0v) is 21.3. The first-order valence-corrected chi connectivity index (χ1v) is 14.0. The number of nitrogens with one attached hydrogen (secondary N) is 1. The van der Waals surface area contributed by atoms with Crippen LogP contribution in [0.3, 0.4) is 0 Å². The van der Waals surface area contributed by atoms with Crippen LogP contribution in [0.4, 0.5) is 5.69 Å². The molecule has 3 aromatic carbocycles. The van der Waals surface area contributed by atoms with Gasteiger partial charge in [0.25, 0.3) is 10.0 Å². The second-order valence-electron chi connectivity index (χ2n) is 7.93. The van der Waals surface area contributed by atoms with Crippen molar-refractivity contribution in [1.29, 1.82) is 0 Å². The summed E-state index contributed by atoms with van der Waals surface area (Å²) in [6, 6.07) is 18.2. The third-order valence-corrected chi connectivity index (χ3v) is 8.37. The second-order valence-corrected chi connectivity index (χ2v) is 12.2. The molecule has 10 heteroatoms. The molecule has 0 saturated carbocycles. The lowest BCUT2D eigenvalue weighted by Gasteiger charge is -2.25. The van der Waals surface area contributed by atoms with Crippen molar-refractivity contribution in [3.8, 4) is 0 Å². The van der Waals surface area contributed by atoms with Gasteiger partial charge >= 0.3 is 0 Å². The fourth-order valence-corrected chi connectivity index (χ4v) is 5.44. The molecule has 1 atom stereocenters. The zero-order chi connectivity index (χ0) is 25.1. The lowest BCUT2D eigenvalue weighted by Crippen LogP contribution is -2.41. The number of anilines is 1. The smallest absolute Gasteiger partial charge is 0.264 e. The Morgan fingerprint density at radius 2 is 1.41 bits per heavy atom. The van der Waals surface area contributed by atoms with Crippen molar-refractivity contribution in [2.24, 2.45) is 0 Å². The summed E-state index contributed by atoms with van der Waals surface area (Å²) in [5.41, 5.74) is 1.98. The van der Waals surface area contributed by atoms with Crippen molar-refractivity contribution in [3.05, 3.63) is 88.9 Å². The van der Waals surface area contributed by atoms with Crippen molar-refractivity contribution in [2.45, 2.75) is 29.7 Å². The predicted molar refractivity (Wildman–Crippen MR) is 133 cm³/mol. The van der Waals surface area contributed by atoms with Gasteiger partial charge in [0.2, 0.25) is 5.91 Å². The van der Waals surface area contributed by atoms with Crippen LogP contribution < -0.4 is 9.62 Å². The van der Waals surface area contributed by atoms with Crippen LogP contribution in [0, 0.1) is 6.92 Å². The number of halogens is 1. The average molecular weight is 521 g/mol. The van der Waals surface area contributed by atoms with Gasteiger partial charge in [-0.1, -0.05) is 41.4 Å². The second kappa shape index (κ2) is 10.2. The normalized spacial score (nSPS) is 12.7. The molecule has 0 fully saturated rings. The molecule has 180 valence electrons. The van der Waals surface area contributed by atoms with Crippen LogP contribution in [0.1, 0.15) is 24.1 Å². The van der Waals surface area contributed by atoms with Crippen molar-refractivity contribution < 1.29 is 21.6 Å². The third-order valence-electron chi connectivity index (χ3n) is 5.20. The first kappa shape index (κ1) is 25.7. The van der Waals surface area contributed by atoms with E-state index in [1.165, 1.54) is 36.4 Å². The van der Waals surface area contributed by atoms with Crippen LogP contribution in [0.15, 0.2) is 82.6 Å². The molecule has 0 aromatic heterocycles. The average Bonchev–Trinajstić information content (AvgIpc) is 2.78. The largest absolute Gasteiger partial charge is 0.348 e. The van der Waals surface area contributed by atoms with Gasteiger partial charge in [-0.2, -0.15) is 0 Å². The molecule has 0 radical (unpaired) electrons. The lowest BCUT2D eigenvalue weighted by atomic mass is 10.1. The number of hydrogen-bond donors (Lipinski definition) is 1. The highest BCUT2D eigenvalue weighted by molar-refractivity contribution is 7.93. The number of nitrogens with zero attached hydrogens (tertiary/aromatic N) is 1. The maximum absolute atomic E-state index is 13.4. The Balaban J connectivity index is 1.85. The van der Waals surface area contributed by atoms with Crippen LogP contribution in [0.2, 0.25) is 5.02 Å². The summed E-state index contributed by atoms with van der Waals surface area (Å²) in [6.07, 6.45) is 1.12. The van der Waals surface area contributed by atoms with Gasteiger partial charge < -0.3 is 5.32 Å². The first-order valence-electron chi connectivity index (χ1n) is 10.3. The topological polar surface area (TPSA) is 101 Å². The minimum Gasteiger partial charge on any atom is -0.348 e. The number of sulfone groups is 1. The molecule has 1 amide bonds. The Kier molecular flexibility index (Phi) is 7.70. The van der Waals surface area contributed by atoms with Crippen molar-refractivity contribution in [3.63, 3.8) is 0 Å². The molecule has 0 bridgehead atoms. The van der Waals surface area contributed by atoms with E-state index in [1.807, 2.05) is 6.92 Å². The predicted octanol–water partition coefficient (Wildman–Crippen LogP) is 4.12. The molecule has 7 nitrogen and oxygen atoms in total.